The average Bonchev–Trinajstić information content (AvgIpc) is 3.05. The molecule has 0 saturated carbocycles. The van der Waals surface area contributed by atoms with Crippen molar-refractivity contribution in [3.8, 4) is 5.69 Å². The van der Waals surface area contributed by atoms with Crippen LogP contribution in [0.1, 0.15) is 10.5 Å². The monoisotopic (exact) mass is 365 g/mol. The number of halogens is 3. The summed E-state index contributed by atoms with van der Waals surface area (Å²) >= 11 is 17.9. The molecule has 0 fully saturated rings. The van der Waals surface area contributed by atoms with Crippen LogP contribution in [0.4, 0.5) is 5.69 Å². The van der Waals surface area contributed by atoms with Crippen LogP contribution in [0, 0.1) is 0 Å². The Morgan fingerprint density at radius 1 is 1.04 bits per heavy atom. The lowest BCUT2D eigenvalue weighted by molar-refractivity contribution is 0.102. The van der Waals surface area contributed by atoms with Gasteiger partial charge in [0.25, 0.3) is 5.91 Å². The molecule has 0 radical (unpaired) electrons. The van der Waals surface area contributed by atoms with E-state index in [0.29, 0.717) is 10.7 Å². The molecule has 0 aliphatic heterocycles. The molecule has 1 N–H and O–H groups in total. The van der Waals surface area contributed by atoms with Crippen LogP contribution in [0.3, 0.4) is 0 Å². The van der Waals surface area contributed by atoms with Crippen molar-refractivity contribution in [2.24, 2.45) is 0 Å². The molecule has 0 unspecified atom stereocenters. The van der Waals surface area contributed by atoms with Gasteiger partial charge in [0.05, 0.1) is 16.4 Å². The fourth-order valence-corrected chi connectivity index (χ4v) is 2.58. The van der Waals surface area contributed by atoms with Crippen molar-refractivity contribution in [1.29, 1.82) is 0 Å². The average molecular weight is 367 g/mol. The van der Waals surface area contributed by atoms with Crippen LogP contribution in [-0.4, -0.2) is 15.5 Å². The highest BCUT2D eigenvalue weighted by Crippen LogP contribution is 2.26. The number of nitrogens with one attached hydrogen (secondary N) is 1. The zero-order valence-corrected chi connectivity index (χ0v) is 13.9. The van der Waals surface area contributed by atoms with Crippen molar-refractivity contribution in [2.75, 3.05) is 5.32 Å². The van der Waals surface area contributed by atoms with Crippen molar-refractivity contribution in [3.05, 3.63) is 75.8 Å². The summed E-state index contributed by atoms with van der Waals surface area (Å²) in [5.41, 5.74) is 1.37. The molecule has 0 aliphatic rings. The lowest BCUT2D eigenvalue weighted by Gasteiger charge is -2.13. The predicted octanol–water partition coefficient (Wildman–Crippen LogP) is 5.08. The SMILES string of the molecule is O=C(Nc1ccc(Cl)cc1-n1cccc1)c1nc(Cl)ccc1Cl. The fourth-order valence-electron chi connectivity index (χ4n) is 2.08. The number of benzene rings is 1. The summed E-state index contributed by atoms with van der Waals surface area (Å²) in [6, 6.07) is 12.0. The maximum absolute atomic E-state index is 12.4. The second kappa shape index (κ2) is 6.62. The van der Waals surface area contributed by atoms with Gasteiger partial charge in [-0.15, -0.1) is 0 Å². The van der Waals surface area contributed by atoms with Gasteiger partial charge < -0.3 is 9.88 Å². The van der Waals surface area contributed by atoms with Gasteiger partial charge in [-0.1, -0.05) is 34.8 Å². The van der Waals surface area contributed by atoms with Crippen LogP contribution >= 0.6 is 34.8 Å². The normalized spacial score (nSPS) is 10.6. The van der Waals surface area contributed by atoms with Crippen molar-refractivity contribution in [1.82, 2.24) is 9.55 Å². The number of carbonyl (C=O) groups excluding carboxylic acids is 1. The minimum absolute atomic E-state index is 0.0626. The van der Waals surface area contributed by atoms with Gasteiger partial charge in [0.15, 0.2) is 0 Å². The van der Waals surface area contributed by atoms with Crippen molar-refractivity contribution < 1.29 is 4.79 Å². The Bertz CT molecular complexity index is 863. The molecule has 7 heteroatoms. The van der Waals surface area contributed by atoms with E-state index in [0.717, 1.165) is 5.69 Å². The predicted molar refractivity (Wildman–Crippen MR) is 93.0 cm³/mol. The molecular weight excluding hydrogens is 357 g/mol. The molecule has 2 aromatic heterocycles. The summed E-state index contributed by atoms with van der Waals surface area (Å²) in [6.07, 6.45) is 3.71. The zero-order valence-electron chi connectivity index (χ0n) is 11.6. The molecule has 2 heterocycles. The molecule has 0 aliphatic carbocycles. The van der Waals surface area contributed by atoms with Crippen LogP contribution < -0.4 is 5.32 Å². The second-order valence-electron chi connectivity index (χ2n) is 4.67. The molecule has 3 aromatic rings. The Hall–Kier alpha value is -2.01. The van der Waals surface area contributed by atoms with E-state index in [1.807, 2.05) is 29.1 Å². The number of anilines is 1. The van der Waals surface area contributed by atoms with E-state index in [-0.39, 0.29) is 15.9 Å². The van der Waals surface area contributed by atoms with E-state index in [4.69, 9.17) is 34.8 Å². The summed E-state index contributed by atoms with van der Waals surface area (Å²) in [4.78, 5) is 16.4. The van der Waals surface area contributed by atoms with Gasteiger partial charge in [0.2, 0.25) is 0 Å². The maximum atomic E-state index is 12.4. The van der Waals surface area contributed by atoms with Gasteiger partial charge >= 0.3 is 0 Å². The second-order valence-corrected chi connectivity index (χ2v) is 5.90. The molecule has 116 valence electrons. The van der Waals surface area contributed by atoms with Crippen LogP contribution in [0.2, 0.25) is 15.2 Å². The minimum Gasteiger partial charge on any atom is -0.322 e. The number of hydrogen-bond donors (Lipinski definition) is 1. The summed E-state index contributed by atoms with van der Waals surface area (Å²) in [7, 11) is 0. The smallest absolute Gasteiger partial charge is 0.275 e. The highest BCUT2D eigenvalue weighted by Gasteiger charge is 2.15. The van der Waals surface area contributed by atoms with Gasteiger partial charge in [-0.3, -0.25) is 4.79 Å². The molecule has 1 aromatic carbocycles. The lowest BCUT2D eigenvalue weighted by atomic mass is 10.2. The first-order valence-electron chi connectivity index (χ1n) is 6.61. The van der Waals surface area contributed by atoms with Gasteiger partial charge in [-0.05, 0) is 42.5 Å². The lowest BCUT2D eigenvalue weighted by Crippen LogP contribution is -2.16. The molecule has 0 spiro atoms. The van der Waals surface area contributed by atoms with E-state index < -0.39 is 5.91 Å². The highest BCUT2D eigenvalue weighted by molar-refractivity contribution is 6.35. The first kappa shape index (κ1) is 15.9. The third kappa shape index (κ3) is 3.50. The third-order valence-corrected chi connectivity index (χ3v) is 3.87. The highest BCUT2D eigenvalue weighted by atomic mass is 35.5. The molecule has 1 amide bonds. The van der Waals surface area contributed by atoms with Gasteiger partial charge in [0, 0.05) is 17.4 Å². The Labute approximate surface area is 147 Å². The van der Waals surface area contributed by atoms with E-state index in [1.165, 1.54) is 12.1 Å². The van der Waals surface area contributed by atoms with E-state index in [1.54, 1.807) is 18.2 Å². The molecule has 23 heavy (non-hydrogen) atoms. The molecule has 0 atom stereocenters. The summed E-state index contributed by atoms with van der Waals surface area (Å²) in [5.74, 6) is -0.451. The number of pyridine rings is 1. The third-order valence-electron chi connectivity index (χ3n) is 3.12. The number of aromatic nitrogens is 2. The molecule has 0 bridgehead atoms. The van der Waals surface area contributed by atoms with Gasteiger partial charge in [-0.25, -0.2) is 4.98 Å². The van der Waals surface area contributed by atoms with Gasteiger partial charge in [-0.2, -0.15) is 0 Å². The quantitative estimate of drug-likeness (QED) is 0.657. The van der Waals surface area contributed by atoms with E-state index >= 15 is 0 Å². The van der Waals surface area contributed by atoms with Crippen LogP contribution in [-0.2, 0) is 0 Å². The number of hydrogen-bond acceptors (Lipinski definition) is 2. The fraction of sp³-hybridized carbons (Fsp3) is 0. The molecule has 4 nitrogen and oxygen atoms in total. The Morgan fingerprint density at radius 2 is 1.78 bits per heavy atom. The Morgan fingerprint density at radius 3 is 2.52 bits per heavy atom. The summed E-state index contributed by atoms with van der Waals surface area (Å²) < 4.78 is 1.84. The van der Waals surface area contributed by atoms with Crippen LogP contribution in [0.25, 0.3) is 5.69 Å². The van der Waals surface area contributed by atoms with Gasteiger partial charge in [0.1, 0.15) is 10.8 Å². The minimum atomic E-state index is -0.451. The Balaban J connectivity index is 1.97. The largest absolute Gasteiger partial charge is 0.322 e. The number of rotatable bonds is 3. The van der Waals surface area contributed by atoms with Crippen LogP contribution in [0.15, 0.2) is 54.9 Å². The molecule has 0 saturated heterocycles. The van der Waals surface area contributed by atoms with Crippen molar-refractivity contribution >= 4 is 46.4 Å². The first-order chi connectivity index (χ1) is 11.0. The topological polar surface area (TPSA) is 46.9 Å². The van der Waals surface area contributed by atoms with E-state index in [9.17, 15) is 4.79 Å². The van der Waals surface area contributed by atoms with E-state index in [2.05, 4.69) is 10.3 Å². The summed E-state index contributed by atoms with van der Waals surface area (Å²) in [5, 5.41) is 3.77. The summed E-state index contributed by atoms with van der Waals surface area (Å²) in [6.45, 7) is 0. The molecule has 3 rings (SSSR count). The zero-order chi connectivity index (χ0) is 16.4. The molecular formula is C16H10Cl3N3O. The van der Waals surface area contributed by atoms with Crippen molar-refractivity contribution in [2.45, 2.75) is 0 Å². The van der Waals surface area contributed by atoms with Crippen LogP contribution in [0.5, 0.6) is 0 Å². The van der Waals surface area contributed by atoms with Crippen molar-refractivity contribution in [3.63, 3.8) is 0 Å². The number of carbonyl (C=O) groups is 1. The number of nitrogens with zero attached hydrogens (tertiary/aromatic N) is 2. The first-order valence-corrected chi connectivity index (χ1v) is 7.74. The number of amides is 1. The Kier molecular flexibility index (Phi) is 4.57. The standard InChI is InChI=1S/C16H10Cl3N3O/c17-10-3-5-12(13(9-10)22-7-1-2-8-22)20-16(23)15-11(18)4-6-14(19)21-15/h1-9H,(H,20,23). The maximum Gasteiger partial charge on any atom is 0.275 e.